The maximum Gasteiger partial charge on any atom is 0.337 e. The number of hydrogen-bond acceptors (Lipinski definition) is 4. The average molecular weight is 239 g/mol. The van der Waals surface area contributed by atoms with Crippen molar-refractivity contribution in [2.45, 2.75) is 13.3 Å². The highest BCUT2D eigenvalue weighted by molar-refractivity contribution is 7.32. The summed E-state index contributed by atoms with van der Waals surface area (Å²) < 4.78 is 14.3. The number of hydroxylamine groups is 1. The predicted octanol–water partition coefficient (Wildman–Crippen LogP) is -0.379. The van der Waals surface area contributed by atoms with Gasteiger partial charge in [-0.2, -0.15) is 4.62 Å². The molecule has 0 radical (unpaired) electrons. The summed E-state index contributed by atoms with van der Waals surface area (Å²) in [6.07, 6.45) is 0.644. The molecule has 0 aromatic carbocycles. The number of carboxylic acid groups (broad SMARTS) is 1. The molecule has 0 heterocycles. The van der Waals surface area contributed by atoms with Crippen LogP contribution >= 0.6 is 8.25 Å². The third kappa shape index (κ3) is 6.89. The van der Waals surface area contributed by atoms with Gasteiger partial charge in [-0.3, -0.25) is 14.8 Å². The molecule has 0 aromatic rings. The van der Waals surface area contributed by atoms with E-state index < -0.39 is 14.2 Å². The standard InChI is InChI=1S/C6H14N3O5P/c1-2-3-9(4-5(10)11)6(7)8-14-15(12)13/h15H,2-4H2,1H3,(H2,7,8)(H,10,11)(H,12,13). The first kappa shape index (κ1) is 13.9. The largest absolute Gasteiger partial charge is 0.480 e. The molecule has 0 amide bonds. The summed E-state index contributed by atoms with van der Waals surface area (Å²) in [5, 5.41) is 15.9. The van der Waals surface area contributed by atoms with Crippen LogP contribution in [0, 0.1) is 5.41 Å². The normalized spacial score (nSPS) is 11.9. The van der Waals surface area contributed by atoms with Gasteiger partial charge in [0.2, 0.25) is 5.96 Å². The Morgan fingerprint density at radius 1 is 1.67 bits per heavy atom. The molecule has 15 heavy (non-hydrogen) atoms. The maximum atomic E-state index is 10.4. The lowest BCUT2D eigenvalue weighted by atomic mass is 10.4. The Morgan fingerprint density at radius 3 is 2.67 bits per heavy atom. The minimum Gasteiger partial charge on any atom is -0.480 e. The predicted molar refractivity (Wildman–Crippen MR) is 52.7 cm³/mol. The van der Waals surface area contributed by atoms with Gasteiger partial charge in [0.15, 0.2) is 0 Å². The molecule has 1 atom stereocenters. The molecule has 0 aliphatic heterocycles. The first-order valence-corrected chi connectivity index (χ1v) is 5.44. The fraction of sp³-hybridized carbons (Fsp3) is 0.667. The monoisotopic (exact) mass is 239 g/mol. The van der Waals surface area contributed by atoms with Gasteiger partial charge in [-0.15, -0.1) is 0 Å². The third-order valence-electron chi connectivity index (χ3n) is 1.37. The summed E-state index contributed by atoms with van der Waals surface area (Å²) in [6, 6.07) is 0. The minimum absolute atomic E-state index is 0.341. The van der Waals surface area contributed by atoms with E-state index in [0.29, 0.717) is 13.0 Å². The number of hydrogen-bond donors (Lipinski definition) is 4. The molecule has 4 N–H and O–H groups in total. The summed E-state index contributed by atoms with van der Waals surface area (Å²) in [4.78, 5) is 19.9. The van der Waals surface area contributed by atoms with Crippen molar-refractivity contribution in [1.82, 2.24) is 10.4 Å². The number of carbonyl (C=O) groups is 1. The summed E-state index contributed by atoms with van der Waals surface area (Å²) >= 11 is 0. The van der Waals surface area contributed by atoms with Crippen molar-refractivity contribution in [3.05, 3.63) is 0 Å². The zero-order valence-electron chi connectivity index (χ0n) is 8.19. The van der Waals surface area contributed by atoms with Crippen molar-refractivity contribution in [1.29, 1.82) is 5.41 Å². The van der Waals surface area contributed by atoms with Gasteiger partial charge in [-0.25, -0.2) is 5.48 Å². The van der Waals surface area contributed by atoms with Crippen LogP contribution in [0.1, 0.15) is 13.3 Å². The first-order chi connectivity index (χ1) is 6.97. The number of nitrogens with zero attached hydrogens (tertiary/aromatic N) is 1. The van der Waals surface area contributed by atoms with Gasteiger partial charge in [-0.1, -0.05) is 6.92 Å². The zero-order chi connectivity index (χ0) is 11.8. The number of guanidine groups is 1. The molecule has 0 spiro atoms. The van der Waals surface area contributed by atoms with Crippen LogP contribution in [0.2, 0.25) is 0 Å². The van der Waals surface area contributed by atoms with E-state index in [0.717, 1.165) is 0 Å². The molecule has 0 rings (SSSR count). The lowest BCUT2D eigenvalue weighted by Crippen LogP contribution is -2.43. The zero-order valence-corrected chi connectivity index (χ0v) is 9.19. The molecule has 8 nitrogen and oxygen atoms in total. The quantitative estimate of drug-likeness (QED) is 0.215. The molecule has 0 saturated heterocycles. The fourth-order valence-corrected chi connectivity index (χ4v) is 1.04. The van der Waals surface area contributed by atoms with Crippen LogP contribution in [0.15, 0.2) is 0 Å². The summed E-state index contributed by atoms with van der Waals surface area (Å²) in [5.41, 5.74) is 1.90. The molecular formula is C6H14N3O5P. The van der Waals surface area contributed by atoms with Gasteiger partial charge in [0.25, 0.3) is 0 Å². The van der Waals surface area contributed by atoms with Gasteiger partial charge in [0, 0.05) is 6.54 Å². The average Bonchev–Trinajstić information content (AvgIpc) is 2.12. The lowest BCUT2D eigenvalue weighted by Gasteiger charge is -2.22. The molecule has 0 saturated carbocycles. The Hall–Kier alpha value is -1.11. The molecular weight excluding hydrogens is 225 g/mol. The Labute approximate surface area is 87.3 Å². The van der Waals surface area contributed by atoms with Crippen LogP contribution in [-0.2, 0) is 14.0 Å². The van der Waals surface area contributed by atoms with Crippen molar-refractivity contribution >= 4 is 20.2 Å². The van der Waals surface area contributed by atoms with E-state index in [9.17, 15) is 9.36 Å². The van der Waals surface area contributed by atoms with Crippen LogP contribution in [0.5, 0.6) is 0 Å². The highest BCUT2D eigenvalue weighted by atomic mass is 31.1. The SMILES string of the molecule is CCCN(CC(=O)O)C(=N)NO[PH](=O)O. The van der Waals surface area contributed by atoms with Crippen LogP contribution in [0.3, 0.4) is 0 Å². The van der Waals surface area contributed by atoms with Crippen molar-refractivity contribution in [3.8, 4) is 0 Å². The highest BCUT2D eigenvalue weighted by Crippen LogP contribution is 2.10. The van der Waals surface area contributed by atoms with Gasteiger partial charge in [0.05, 0.1) is 0 Å². The Morgan fingerprint density at radius 2 is 2.27 bits per heavy atom. The molecule has 1 unspecified atom stereocenters. The third-order valence-corrected chi connectivity index (χ3v) is 1.65. The van der Waals surface area contributed by atoms with Gasteiger partial charge < -0.3 is 14.9 Å². The fourth-order valence-electron chi connectivity index (χ4n) is 0.860. The molecule has 88 valence electrons. The smallest absolute Gasteiger partial charge is 0.337 e. The van der Waals surface area contributed by atoms with Crippen LogP contribution in [0.4, 0.5) is 0 Å². The number of rotatable bonds is 6. The molecule has 0 aliphatic carbocycles. The van der Waals surface area contributed by atoms with Gasteiger partial charge in [0.1, 0.15) is 6.54 Å². The molecule has 0 fully saturated rings. The number of aliphatic carboxylic acids is 1. The van der Waals surface area contributed by atoms with E-state index >= 15 is 0 Å². The lowest BCUT2D eigenvalue weighted by molar-refractivity contribution is -0.137. The van der Waals surface area contributed by atoms with Crippen LogP contribution < -0.4 is 5.48 Å². The second kappa shape index (κ2) is 7.22. The number of carboxylic acids is 1. The van der Waals surface area contributed by atoms with Gasteiger partial charge in [-0.05, 0) is 6.42 Å². The second-order valence-electron chi connectivity index (χ2n) is 2.63. The Kier molecular flexibility index (Phi) is 6.68. The van der Waals surface area contributed by atoms with E-state index in [1.54, 1.807) is 0 Å². The summed E-state index contributed by atoms with van der Waals surface area (Å²) in [6.45, 7) is 1.79. The minimum atomic E-state index is -3.18. The van der Waals surface area contributed by atoms with Crippen molar-refractivity contribution in [2.75, 3.05) is 13.1 Å². The van der Waals surface area contributed by atoms with E-state index in [2.05, 4.69) is 4.62 Å². The molecule has 9 heteroatoms. The van der Waals surface area contributed by atoms with Crippen molar-refractivity contribution < 1.29 is 24.0 Å². The second-order valence-corrected chi connectivity index (χ2v) is 3.37. The van der Waals surface area contributed by atoms with Crippen molar-refractivity contribution in [3.63, 3.8) is 0 Å². The summed E-state index contributed by atoms with van der Waals surface area (Å²) in [7, 11) is -3.18. The molecule has 0 bridgehead atoms. The Balaban J connectivity index is 4.15. The van der Waals surface area contributed by atoms with Crippen LogP contribution in [0.25, 0.3) is 0 Å². The highest BCUT2D eigenvalue weighted by Gasteiger charge is 2.12. The summed E-state index contributed by atoms with van der Waals surface area (Å²) in [5.74, 6) is -1.45. The topological polar surface area (TPSA) is 123 Å². The van der Waals surface area contributed by atoms with Gasteiger partial charge >= 0.3 is 14.2 Å². The van der Waals surface area contributed by atoms with E-state index in [1.807, 2.05) is 12.4 Å². The van der Waals surface area contributed by atoms with E-state index in [-0.39, 0.29) is 12.5 Å². The van der Waals surface area contributed by atoms with E-state index in [4.69, 9.17) is 15.4 Å². The maximum absolute atomic E-state index is 10.4. The van der Waals surface area contributed by atoms with E-state index in [1.165, 1.54) is 4.90 Å². The molecule has 0 aliphatic rings. The molecule has 0 aromatic heterocycles. The number of nitrogens with one attached hydrogen (secondary N) is 2. The van der Waals surface area contributed by atoms with Crippen molar-refractivity contribution in [2.24, 2.45) is 0 Å². The Bertz CT molecular complexity index is 259. The van der Waals surface area contributed by atoms with Crippen LogP contribution in [-0.4, -0.2) is 39.9 Å². The first-order valence-electron chi connectivity index (χ1n) is 4.18.